The molecule has 2 heteroatoms. The van der Waals surface area contributed by atoms with E-state index in [2.05, 4.69) is 32.6 Å². The van der Waals surface area contributed by atoms with Gasteiger partial charge in [-0.15, -0.1) is 0 Å². The molecule has 2 heterocycles. The van der Waals surface area contributed by atoms with Gasteiger partial charge in [-0.25, -0.2) is 0 Å². The summed E-state index contributed by atoms with van der Waals surface area (Å²) in [6.45, 7) is 12.6. The van der Waals surface area contributed by atoms with Crippen molar-refractivity contribution in [2.75, 3.05) is 19.7 Å². The molecule has 14 heavy (non-hydrogen) atoms. The summed E-state index contributed by atoms with van der Waals surface area (Å²) in [6.07, 6.45) is 1.82. The summed E-state index contributed by atoms with van der Waals surface area (Å²) in [7, 11) is 0. The Kier molecular flexibility index (Phi) is 2.61. The Morgan fingerprint density at radius 3 is 2.64 bits per heavy atom. The van der Waals surface area contributed by atoms with E-state index in [1.54, 1.807) is 0 Å². The molecule has 82 valence electrons. The zero-order chi connectivity index (χ0) is 10.3. The lowest BCUT2D eigenvalue weighted by Gasteiger charge is -2.43. The molecule has 0 spiro atoms. The molecule has 0 aromatic rings. The van der Waals surface area contributed by atoms with Crippen LogP contribution in [0.5, 0.6) is 0 Å². The molecular formula is C12H23NO. The van der Waals surface area contributed by atoms with E-state index in [9.17, 15) is 0 Å². The maximum Gasteiger partial charge on any atom is 0.0579 e. The molecule has 2 aliphatic rings. The van der Waals surface area contributed by atoms with Gasteiger partial charge in [0.05, 0.1) is 12.7 Å². The Morgan fingerprint density at radius 2 is 2.00 bits per heavy atom. The Balaban J connectivity index is 1.99. The number of likely N-dealkylation sites (tertiary alicyclic amines) is 1. The van der Waals surface area contributed by atoms with Crippen molar-refractivity contribution in [2.45, 2.75) is 45.8 Å². The van der Waals surface area contributed by atoms with Crippen LogP contribution < -0.4 is 0 Å². The molecule has 0 bridgehead atoms. The first-order valence-corrected chi connectivity index (χ1v) is 5.85. The minimum atomic E-state index is 0.330. The van der Waals surface area contributed by atoms with E-state index in [1.807, 2.05) is 0 Å². The Hall–Kier alpha value is -0.0800. The lowest BCUT2D eigenvalue weighted by molar-refractivity contribution is 0.0578. The molecule has 0 aromatic carbocycles. The standard InChI is InChI=1S/C12H23NO/c1-9-11-5-6-13(12(2,3)4)7-10(11)8-14-9/h9-11H,5-8H2,1-4H3. The largest absolute Gasteiger partial charge is 0.378 e. The van der Waals surface area contributed by atoms with Crippen molar-refractivity contribution in [3.05, 3.63) is 0 Å². The van der Waals surface area contributed by atoms with Gasteiger partial charge < -0.3 is 4.74 Å². The van der Waals surface area contributed by atoms with Gasteiger partial charge in [-0.1, -0.05) is 0 Å². The summed E-state index contributed by atoms with van der Waals surface area (Å²) >= 11 is 0. The molecular weight excluding hydrogens is 174 g/mol. The first kappa shape index (κ1) is 10.4. The normalized spacial score (nSPS) is 39.9. The van der Waals surface area contributed by atoms with E-state index in [0.717, 1.165) is 18.4 Å². The number of rotatable bonds is 0. The van der Waals surface area contributed by atoms with E-state index < -0.39 is 0 Å². The van der Waals surface area contributed by atoms with Gasteiger partial charge in [0.15, 0.2) is 0 Å². The molecule has 0 aromatic heterocycles. The Bertz CT molecular complexity index is 209. The van der Waals surface area contributed by atoms with Gasteiger partial charge in [0.25, 0.3) is 0 Å². The third kappa shape index (κ3) is 1.82. The predicted molar refractivity (Wildman–Crippen MR) is 58.3 cm³/mol. The summed E-state index contributed by atoms with van der Waals surface area (Å²) < 4.78 is 5.73. The fraction of sp³-hybridized carbons (Fsp3) is 1.00. The molecule has 2 fully saturated rings. The van der Waals surface area contributed by atoms with Gasteiger partial charge in [-0.2, -0.15) is 0 Å². The van der Waals surface area contributed by atoms with Crippen LogP contribution in [0.2, 0.25) is 0 Å². The highest BCUT2D eigenvalue weighted by molar-refractivity contribution is 4.91. The minimum absolute atomic E-state index is 0.330. The monoisotopic (exact) mass is 197 g/mol. The zero-order valence-electron chi connectivity index (χ0n) is 9.92. The van der Waals surface area contributed by atoms with Crippen LogP contribution in [0.4, 0.5) is 0 Å². The van der Waals surface area contributed by atoms with Crippen molar-refractivity contribution in [1.82, 2.24) is 4.90 Å². The number of piperidine rings is 1. The molecule has 0 amide bonds. The molecule has 2 rings (SSSR count). The van der Waals surface area contributed by atoms with Gasteiger partial charge in [-0.05, 0) is 46.6 Å². The van der Waals surface area contributed by atoms with Gasteiger partial charge in [0, 0.05) is 18.0 Å². The van der Waals surface area contributed by atoms with Gasteiger partial charge in [-0.3, -0.25) is 4.90 Å². The second-order valence-corrected chi connectivity index (χ2v) is 5.87. The third-order valence-electron chi connectivity index (χ3n) is 3.92. The molecule has 3 atom stereocenters. The van der Waals surface area contributed by atoms with Crippen molar-refractivity contribution in [3.63, 3.8) is 0 Å². The second kappa shape index (κ2) is 3.49. The van der Waals surface area contributed by atoms with Gasteiger partial charge >= 0.3 is 0 Å². The fourth-order valence-corrected chi connectivity index (χ4v) is 2.85. The van der Waals surface area contributed by atoms with Crippen LogP contribution in [0.25, 0.3) is 0 Å². The first-order chi connectivity index (χ1) is 6.48. The lowest BCUT2D eigenvalue weighted by Crippen LogP contribution is -2.50. The average molecular weight is 197 g/mol. The second-order valence-electron chi connectivity index (χ2n) is 5.87. The smallest absolute Gasteiger partial charge is 0.0579 e. The Morgan fingerprint density at radius 1 is 1.29 bits per heavy atom. The number of fused-ring (bicyclic) bond motifs is 1. The SMILES string of the molecule is CC1OCC2CN(C(C)(C)C)CCC21. The van der Waals surface area contributed by atoms with Crippen molar-refractivity contribution >= 4 is 0 Å². The van der Waals surface area contributed by atoms with Crippen LogP contribution in [0.3, 0.4) is 0 Å². The molecule has 3 unspecified atom stereocenters. The minimum Gasteiger partial charge on any atom is -0.378 e. The molecule has 0 radical (unpaired) electrons. The summed E-state index contributed by atoms with van der Waals surface area (Å²) in [5.74, 6) is 1.62. The molecule has 0 saturated carbocycles. The van der Waals surface area contributed by atoms with Crippen LogP contribution in [0, 0.1) is 11.8 Å². The summed E-state index contributed by atoms with van der Waals surface area (Å²) in [4.78, 5) is 2.61. The Labute approximate surface area is 87.6 Å². The van der Waals surface area contributed by atoms with Crippen LogP contribution in [-0.4, -0.2) is 36.2 Å². The van der Waals surface area contributed by atoms with Crippen molar-refractivity contribution in [2.24, 2.45) is 11.8 Å². The highest BCUT2D eigenvalue weighted by atomic mass is 16.5. The number of ether oxygens (including phenoxy) is 1. The third-order valence-corrected chi connectivity index (χ3v) is 3.92. The quantitative estimate of drug-likeness (QED) is 0.590. The first-order valence-electron chi connectivity index (χ1n) is 5.85. The van der Waals surface area contributed by atoms with Gasteiger partial charge in [0.2, 0.25) is 0 Å². The number of hydrogen-bond donors (Lipinski definition) is 0. The maximum absolute atomic E-state index is 5.73. The summed E-state index contributed by atoms with van der Waals surface area (Å²) in [6, 6.07) is 0. The predicted octanol–water partition coefficient (Wildman–Crippen LogP) is 2.14. The van der Waals surface area contributed by atoms with Crippen LogP contribution in [-0.2, 0) is 4.74 Å². The highest BCUT2D eigenvalue weighted by Crippen LogP contribution is 2.36. The zero-order valence-corrected chi connectivity index (χ0v) is 9.92. The van der Waals surface area contributed by atoms with Crippen molar-refractivity contribution < 1.29 is 4.74 Å². The lowest BCUT2D eigenvalue weighted by atomic mass is 9.83. The van der Waals surface area contributed by atoms with E-state index >= 15 is 0 Å². The highest BCUT2D eigenvalue weighted by Gasteiger charge is 2.40. The molecule has 2 saturated heterocycles. The average Bonchev–Trinajstić information content (AvgIpc) is 2.46. The molecule has 2 nitrogen and oxygen atoms in total. The van der Waals surface area contributed by atoms with Crippen LogP contribution in [0.15, 0.2) is 0 Å². The molecule has 0 aliphatic carbocycles. The summed E-state index contributed by atoms with van der Waals surface area (Å²) in [5.41, 5.74) is 0.330. The molecule has 2 aliphatic heterocycles. The van der Waals surface area contributed by atoms with E-state index in [-0.39, 0.29) is 0 Å². The van der Waals surface area contributed by atoms with Crippen molar-refractivity contribution in [3.8, 4) is 0 Å². The molecule has 0 N–H and O–H groups in total. The van der Waals surface area contributed by atoms with Gasteiger partial charge in [0.1, 0.15) is 0 Å². The van der Waals surface area contributed by atoms with Crippen molar-refractivity contribution in [1.29, 1.82) is 0 Å². The topological polar surface area (TPSA) is 12.5 Å². The number of nitrogens with zero attached hydrogens (tertiary/aromatic N) is 1. The number of hydrogen-bond acceptors (Lipinski definition) is 2. The summed E-state index contributed by atoms with van der Waals surface area (Å²) in [5, 5.41) is 0. The van der Waals surface area contributed by atoms with Crippen LogP contribution >= 0.6 is 0 Å². The van der Waals surface area contributed by atoms with E-state index in [4.69, 9.17) is 4.74 Å². The maximum atomic E-state index is 5.73. The van der Waals surface area contributed by atoms with Crippen LogP contribution in [0.1, 0.15) is 34.1 Å². The van der Waals surface area contributed by atoms with E-state index in [1.165, 1.54) is 19.5 Å². The van der Waals surface area contributed by atoms with E-state index in [0.29, 0.717) is 11.6 Å². The fourth-order valence-electron chi connectivity index (χ4n) is 2.85.